The van der Waals surface area contributed by atoms with Gasteiger partial charge in [-0.1, -0.05) is 6.58 Å². The first-order chi connectivity index (χ1) is 9.01. The number of aromatic nitrogens is 1. The number of nitrogens with zero attached hydrogens (tertiary/aromatic N) is 1. The summed E-state index contributed by atoms with van der Waals surface area (Å²) in [5.74, 6) is 0.527. The molecule has 5 nitrogen and oxygen atoms in total. The van der Waals surface area contributed by atoms with Crippen LogP contribution in [0.15, 0.2) is 15.9 Å². The average molecular weight is 261 g/mol. The number of rotatable bonds is 2. The highest BCUT2D eigenvalue weighted by molar-refractivity contribution is 6.15. The molecule has 0 bridgehead atoms. The molecule has 102 valence electrons. The Bertz CT molecular complexity index is 702. The van der Waals surface area contributed by atoms with Gasteiger partial charge in [-0.15, -0.1) is 0 Å². The zero-order chi connectivity index (χ0) is 14.0. The van der Waals surface area contributed by atoms with Crippen molar-refractivity contribution >= 4 is 24.4 Å². The minimum atomic E-state index is -0.164. The number of aryl methyl sites for hydroxylation is 1. The van der Waals surface area contributed by atoms with Gasteiger partial charge in [0.05, 0.1) is 5.35 Å². The van der Waals surface area contributed by atoms with E-state index in [1.54, 1.807) is 26.1 Å². The minimum Gasteiger partial charge on any atom is -0.322 e. The van der Waals surface area contributed by atoms with Crippen LogP contribution in [0.25, 0.3) is 12.7 Å². The van der Waals surface area contributed by atoms with Crippen molar-refractivity contribution in [3.8, 4) is 0 Å². The number of H-pyrrole nitrogens is 1. The predicted octanol–water partition coefficient (Wildman–Crippen LogP) is -0.325. The van der Waals surface area contributed by atoms with Crippen molar-refractivity contribution in [1.82, 2.24) is 10.3 Å². The molecule has 0 unspecified atom stereocenters. The van der Waals surface area contributed by atoms with E-state index in [9.17, 15) is 9.59 Å². The zero-order valence-electron chi connectivity index (χ0n) is 11.1. The van der Waals surface area contributed by atoms with Crippen LogP contribution >= 0.6 is 0 Å². The summed E-state index contributed by atoms with van der Waals surface area (Å²) < 4.78 is 0. The maximum Gasteiger partial charge on any atom is 0.251 e. The van der Waals surface area contributed by atoms with E-state index in [1.165, 1.54) is 0 Å². The second kappa shape index (κ2) is 5.22. The van der Waals surface area contributed by atoms with Gasteiger partial charge in [-0.2, -0.15) is 0 Å². The Morgan fingerprint density at radius 2 is 2.32 bits per heavy atom. The number of carbonyl (C=O) groups excluding carboxylic acids is 1. The smallest absolute Gasteiger partial charge is 0.251 e. The van der Waals surface area contributed by atoms with E-state index in [0.717, 1.165) is 12.8 Å². The lowest BCUT2D eigenvalue weighted by atomic mass is 10.2. The molecule has 0 saturated heterocycles. The first-order valence-corrected chi connectivity index (χ1v) is 6.19. The van der Waals surface area contributed by atoms with Gasteiger partial charge in [-0.25, -0.2) is 0 Å². The Morgan fingerprint density at radius 3 is 2.89 bits per heavy atom. The second-order valence-corrected chi connectivity index (χ2v) is 4.74. The van der Waals surface area contributed by atoms with E-state index in [0.29, 0.717) is 22.0 Å². The van der Waals surface area contributed by atoms with Crippen molar-refractivity contribution < 1.29 is 6.22 Å². The van der Waals surface area contributed by atoms with E-state index in [1.807, 2.05) is 0 Å². The van der Waals surface area contributed by atoms with E-state index in [4.69, 9.17) is 0 Å². The first kappa shape index (κ1) is 13.3. The Labute approximate surface area is 112 Å². The van der Waals surface area contributed by atoms with E-state index in [-0.39, 0.29) is 18.8 Å². The highest BCUT2D eigenvalue weighted by Gasteiger charge is 2.29. The lowest BCUT2D eigenvalue weighted by Gasteiger charge is -2.03. The van der Waals surface area contributed by atoms with E-state index in [2.05, 4.69) is 21.9 Å². The molecule has 0 aliphatic heterocycles. The van der Waals surface area contributed by atoms with E-state index >= 15 is 0 Å². The number of nitrogens with one attached hydrogen (secondary N) is 2. The summed E-state index contributed by atoms with van der Waals surface area (Å²) >= 11 is 0. The van der Waals surface area contributed by atoms with Gasteiger partial charge < -0.3 is 10.3 Å². The molecule has 1 aromatic rings. The van der Waals surface area contributed by atoms with Gasteiger partial charge in [0.25, 0.3) is 5.56 Å². The first-order valence-electron chi connectivity index (χ1n) is 6.19. The number of hydrogen-bond donors (Lipinski definition) is 2. The molecule has 2 N–H and O–H groups in total. The van der Waals surface area contributed by atoms with Crippen molar-refractivity contribution in [3.05, 3.63) is 32.6 Å². The summed E-state index contributed by atoms with van der Waals surface area (Å²) in [6.07, 6.45) is 3.50. The third-order valence-corrected chi connectivity index (χ3v) is 3.06. The molecule has 1 heterocycles. The largest absolute Gasteiger partial charge is 0.322 e. The Balaban J connectivity index is 0.00000200. The van der Waals surface area contributed by atoms with Crippen molar-refractivity contribution in [2.45, 2.75) is 19.8 Å². The molecule has 1 aliphatic carbocycles. The molecule has 0 spiro atoms. The van der Waals surface area contributed by atoms with Gasteiger partial charge in [0.1, 0.15) is 5.84 Å². The zero-order valence-corrected chi connectivity index (χ0v) is 11.1. The van der Waals surface area contributed by atoms with Crippen LogP contribution in [0.2, 0.25) is 0 Å². The number of hydrogen-bond acceptors (Lipinski definition) is 3. The number of amidine groups is 1. The summed E-state index contributed by atoms with van der Waals surface area (Å²) in [5, 5.41) is 4.00. The van der Waals surface area contributed by atoms with Gasteiger partial charge in [0.2, 0.25) is 5.91 Å². The highest BCUT2D eigenvalue weighted by atomic mass is 16.2. The Morgan fingerprint density at radius 1 is 1.63 bits per heavy atom. The van der Waals surface area contributed by atoms with Crippen LogP contribution in [0.5, 0.6) is 0 Å². The van der Waals surface area contributed by atoms with Crippen molar-refractivity contribution in [2.24, 2.45) is 10.9 Å². The third kappa shape index (κ3) is 3.19. The molecule has 1 saturated carbocycles. The van der Waals surface area contributed by atoms with Crippen molar-refractivity contribution in [1.29, 1.82) is 0 Å². The molecule has 0 aromatic carbocycles. The fourth-order valence-corrected chi connectivity index (χ4v) is 1.70. The van der Waals surface area contributed by atoms with Crippen LogP contribution in [0.3, 0.4) is 0 Å². The molecule has 2 rings (SSSR count). The van der Waals surface area contributed by atoms with Crippen LogP contribution < -0.4 is 21.4 Å². The van der Waals surface area contributed by atoms with Crippen LogP contribution in [0, 0.1) is 12.8 Å². The lowest BCUT2D eigenvalue weighted by molar-refractivity contribution is -0.120. The number of pyridine rings is 1. The monoisotopic (exact) mass is 261 g/mol. The quantitative estimate of drug-likeness (QED) is 0.565. The molecular formula is C14H19N3O2. The fraction of sp³-hybridized carbons (Fsp3) is 0.357. The highest BCUT2D eigenvalue weighted by Crippen LogP contribution is 2.28. The average Bonchev–Trinajstić information content (AvgIpc) is 3.18. The predicted molar refractivity (Wildman–Crippen MR) is 77.4 cm³/mol. The lowest BCUT2D eigenvalue weighted by Crippen LogP contribution is -2.38. The summed E-state index contributed by atoms with van der Waals surface area (Å²) in [6, 6.07) is 1.71. The van der Waals surface area contributed by atoms with E-state index < -0.39 is 0 Å². The molecule has 1 fully saturated rings. The molecule has 0 radical (unpaired) electrons. The molecule has 1 amide bonds. The SMILES string of the molecule is C=c1cc(C)c(=O)[nH]/c1=C/C(=NC)NC(=O)C1CC1.[HH]. The summed E-state index contributed by atoms with van der Waals surface area (Å²) in [5.41, 5.74) is 0.446. The number of aromatic amines is 1. The summed E-state index contributed by atoms with van der Waals surface area (Å²) in [4.78, 5) is 30.0. The molecule has 1 aliphatic rings. The molecule has 19 heavy (non-hydrogen) atoms. The topological polar surface area (TPSA) is 74.3 Å². The van der Waals surface area contributed by atoms with Crippen molar-refractivity contribution in [3.63, 3.8) is 0 Å². The standard InChI is InChI=1S/C14H17N3O2.H2/c1-8-6-9(2)13(18)16-11(8)7-12(15-3)17-14(19)10-4-5-10;/h6-7,10H,1,4-5H2,2-3H3,(H,16,18)(H,15,17,19);1H/b11-7+;. The van der Waals surface area contributed by atoms with Crippen LogP contribution in [-0.4, -0.2) is 23.8 Å². The Kier molecular flexibility index (Phi) is 3.64. The third-order valence-electron chi connectivity index (χ3n) is 3.06. The van der Waals surface area contributed by atoms with Gasteiger partial charge in [0, 0.05) is 26.0 Å². The normalized spacial score (nSPS) is 16.5. The molecule has 1 aromatic heterocycles. The minimum absolute atomic E-state index is 0. The number of carbonyl (C=O) groups is 1. The van der Waals surface area contributed by atoms with Crippen LogP contribution in [0.1, 0.15) is 19.8 Å². The van der Waals surface area contributed by atoms with Crippen LogP contribution in [0.4, 0.5) is 0 Å². The number of amides is 1. The summed E-state index contributed by atoms with van der Waals surface area (Å²) in [7, 11) is 1.59. The summed E-state index contributed by atoms with van der Waals surface area (Å²) in [6.45, 7) is 5.59. The van der Waals surface area contributed by atoms with Gasteiger partial charge in [-0.05, 0) is 31.1 Å². The molecule has 5 heteroatoms. The maximum absolute atomic E-state index is 11.7. The fourth-order valence-electron chi connectivity index (χ4n) is 1.70. The van der Waals surface area contributed by atoms with Gasteiger partial charge in [-0.3, -0.25) is 14.6 Å². The molecular weight excluding hydrogens is 242 g/mol. The molecule has 0 atom stereocenters. The van der Waals surface area contributed by atoms with Gasteiger partial charge in [0.15, 0.2) is 0 Å². The Hall–Kier alpha value is -2.17. The maximum atomic E-state index is 11.7. The number of aliphatic imine (C=N–C) groups is 1. The van der Waals surface area contributed by atoms with Crippen LogP contribution in [-0.2, 0) is 4.79 Å². The van der Waals surface area contributed by atoms with Gasteiger partial charge >= 0.3 is 0 Å². The second-order valence-electron chi connectivity index (χ2n) is 4.74. The van der Waals surface area contributed by atoms with Crippen molar-refractivity contribution in [2.75, 3.05) is 7.05 Å².